The molecule has 0 bridgehead atoms. The summed E-state index contributed by atoms with van der Waals surface area (Å²) in [6.45, 7) is 6.80. The lowest BCUT2D eigenvalue weighted by atomic mass is 9.88. The highest BCUT2D eigenvalue weighted by atomic mass is 32.1. The van der Waals surface area contributed by atoms with Crippen LogP contribution < -0.4 is 10.1 Å². The Bertz CT molecular complexity index is 825. The van der Waals surface area contributed by atoms with Crippen molar-refractivity contribution in [2.45, 2.75) is 40.0 Å². The smallest absolute Gasteiger partial charge is 0.341 e. The number of rotatable bonds is 6. The fraction of sp³-hybridized carbons (Fsp3) is 0.429. The second-order valence-electron chi connectivity index (χ2n) is 6.69. The van der Waals surface area contributed by atoms with Crippen LogP contribution in [0, 0.1) is 5.92 Å². The van der Waals surface area contributed by atoms with Gasteiger partial charge < -0.3 is 14.8 Å². The summed E-state index contributed by atoms with van der Waals surface area (Å²) in [4.78, 5) is 26.4. The van der Waals surface area contributed by atoms with Crippen LogP contribution >= 0.6 is 11.3 Å². The van der Waals surface area contributed by atoms with E-state index in [4.69, 9.17) is 9.47 Å². The van der Waals surface area contributed by atoms with Crippen molar-refractivity contribution in [1.82, 2.24) is 0 Å². The van der Waals surface area contributed by atoms with Gasteiger partial charge in [-0.15, -0.1) is 11.3 Å². The summed E-state index contributed by atoms with van der Waals surface area (Å²) in [6.07, 6.45) is 2.83. The SMILES string of the molecule is CCOC(=O)c1c(NC(=O)c2ccc(OCC)cc2)sc2c1CC[C@H](C)C2. The lowest BCUT2D eigenvalue weighted by Crippen LogP contribution is -2.16. The lowest BCUT2D eigenvalue weighted by Gasteiger charge is -2.18. The molecule has 0 fully saturated rings. The Hall–Kier alpha value is -2.34. The average molecular weight is 388 g/mol. The Labute approximate surface area is 163 Å². The standard InChI is InChI=1S/C21H25NO4S/c1-4-25-15-9-7-14(8-10-15)19(23)22-20-18(21(24)26-5-2)16-11-6-13(3)12-17(16)27-20/h7-10,13H,4-6,11-12H2,1-3H3,(H,22,23)/t13-/m0/s1. The number of carbonyl (C=O) groups is 2. The third kappa shape index (κ3) is 4.33. The van der Waals surface area contributed by atoms with Crippen LogP contribution in [0.2, 0.25) is 0 Å². The van der Waals surface area contributed by atoms with Crippen molar-refractivity contribution in [3.05, 3.63) is 45.8 Å². The number of hydrogen-bond acceptors (Lipinski definition) is 5. The first-order valence-electron chi connectivity index (χ1n) is 9.39. The fourth-order valence-electron chi connectivity index (χ4n) is 3.30. The number of anilines is 1. The maximum Gasteiger partial charge on any atom is 0.341 e. The summed E-state index contributed by atoms with van der Waals surface area (Å²) in [5.74, 6) is 0.712. The highest BCUT2D eigenvalue weighted by molar-refractivity contribution is 7.17. The molecule has 0 saturated carbocycles. The Morgan fingerprint density at radius 3 is 2.59 bits per heavy atom. The maximum atomic E-state index is 12.7. The van der Waals surface area contributed by atoms with E-state index in [-0.39, 0.29) is 11.9 Å². The van der Waals surface area contributed by atoms with E-state index in [0.29, 0.717) is 35.3 Å². The molecule has 5 nitrogen and oxygen atoms in total. The highest BCUT2D eigenvalue weighted by Crippen LogP contribution is 2.40. The second-order valence-corrected chi connectivity index (χ2v) is 7.79. The van der Waals surface area contributed by atoms with E-state index >= 15 is 0 Å². The van der Waals surface area contributed by atoms with E-state index in [1.165, 1.54) is 16.2 Å². The van der Waals surface area contributed by atoms with Gasteiger partial charge in [0.1, 0.15) is 10.8 Å². The van der Waals surface area contributed by atoms with Gasteiger partial charge in [0.25, 0.3) is 5.91 Å². The van der Waals surface area contributed by atoms with E-state index in [0.717, 1.165) is 30.6 Å². The zero-order valence-electron chi connectivity index (χ0n) is 16.0. The Morgan fingerprint density at radius 1 is 1.19 bits per heavy atom. The number of amides is 1. The van der Waals surface area contributed by atoms with Crippen molar-refractivity contribution in [2.24, 2.45) is 5.92 Å². The van der Waals surface area contributed by atoms with Crippen LogP contribution in [0.5, 0.6) is 5.75 Å². The summed E-state index contributed by atoms with van der Waals surface area (Å²) >= 11 is 1.50. The van der Waals surface area contributed by atoms with Crippen LogP contribution in [-0.4, -0.2) is 25.1 Å². The molecular weight excluding hydrogens is 362 g/mol. The van der Waals surface area contributed by atoms with Crippen molar-refractivity contribution >= 4 is 28.2 Å². The third-order valence-corrected chi connectivity index (χ3v) is 5.82. The van der Waals surface area contributed by atoms with Crippen LogP contribution in [0.3, 0.4) is 0 Å². The van der Waals surface area contributed by atoms with Gasteiger partial charge in [0.15, 0.2) is 0 Å². The van der Waals surface area contributed by atoms with E-state index in [1.54, 1.807) is 31.2 Å². The molecule has 144 valence electrons. The molecule has 27 heavy (non-hydrogen) atoms. The number of ether oxygens (including phenoxy) is 2. The average Bonchev–Trinajstić information content (AvgIpc) is 2.99. The Kier molecular flexibility index (Phi) is 6.16. The minimum atomic E-state index is -0.355. The molecular formula is C21H25NO4S. The van der Waals surface area contributed by atoms with Gasteiger partial charge in [-0.2, -0.15) is 0 Å². The van der Waals surface area contributed by atoms with E-state index in [1.807, 2.05) is 6.92 Å². The molecule has 1 aromatic carbocycles. The third-order valence-electron chi connectivity index (χ3n) is 4.65. The predicted octanol–water partition coefficient (Wildman–Crippen LogP) is 4.70. The number of fused-ring (bicyclic) bond motifs is 1. The molecule has 2 aromatic rings. The Balaban J connectivity index is 1.86. The van der Waals surface area contributed by atoms with Gasteiger partial charge in [-0.1, -0.05) is 6.92 Å². The first-order chi connectivity index (χ1) is 13.0. The van der Waals surface area contributed by atoms with Crippen LogP contribution in [0.25, 0.3) is 0 Å². The number of carbonyl (C=O) groups excluding carboxylic acids is 2. The molecule has 1 atom stereocenters. The van der Waals surface area contributed by atoms with Crippen LogP contribution in [0.1, 0.15) is 58.3 Å². The van der Waals surface area contributed by atoms with Crippen molar-refractivity contribution in [3.8, 4) is 5.75 Å². The van der Waals surface area contributed by atoms with Gasteiger partial charge in [-0.3, -0.25) is 4.79 Å². The predicted molar refractivity (Wildman–Crippen MR) is 107 cm³/mol. The molecule has 0 unspecified atom stereocenters. The summed E-state index contributed by atoms with van der Waals surface area (Å²) in [7, 11) is 0. The number of hydrogen-bond donors (Lipinski definition) is 1. The minimum Gasteiger partial charge on any atom is -0.494 e. The maximum absolute atomic E-state index is 12.7. The molecule has 0 aliphatic heterocycles. The first kappa shape index (κ1) is 19.4. The molecule has 1 heterocycles. The zero-order valence-corrected chi connectivity index (χ0v) is 16.8. The molecule has 1 aromatic heterocycles. The summed E-state index contributed by atoms with van der Waals surface area (Å²) in [5.41, 5.74) is 2.09. The van der Waals surface area contributed by atoms with Crippen molar-refractivity contribution in [1.29, 1.82) is 0 Å². The number of esters is 1. The second kappa shape index (κ2) is 8.57. The van der Waals surface area contributed by atoms with Gasteiger partial charge in [-0.25, -0.2) is 4.79 Å². The van der Waals surface area contributed by atoms with E-state index in [2.05, 4.69) is 12.2 Å². The fourth-order valence-corrected chi connectivity index (χ4v) is 4.70. The van der Waals surface area contributed by atoms with Crippen LogP contribution in [-0.2, 0) is 17.6 Å². The van der Waals surface area contributed by atoms with Gasteiger partial charge in [0.05, 0.1) is 18.8 Å². The van der Waals surface area contributed by atoms with Gasteiger partial charge >= 0.3 is 5.97 Å². The number of nitrogens with one attached hydrogen (secondary N) is 1. The molecule has 0 radical (unpaired) electrons. The molecule has 0 saturated heterocycles. The van der Waals surface area contributed by atoms with Crippen LogP contribution in [0.4, 0.5) is 5.00 Å². The monoisotopic (exact) mass is 387 g/mol. The summed E-state index contributed by atoms with van der Waals surface area (Å²) in [6, 6.07) is 6.98. The quantitative estimate of drug-likeness (QED) is 0.730. The molecule has 6 heteroatoms. The van der Waals surface area contributed by atoms with Gasteiger partial charge in [0.2, 0.25) is 0 Å². The number of benzene rings is 1. The largest absolute Gasteiger partial charge is 0.494 e. The minimum absolute atomic E-state index is 0.241. The molecule has 1 amide bonds. The van der Waals surface area contributed by atoms with Gasteiger partial charge in [-0.05, 0) is 68.9 Å². The van der Waals surface area contributed by atoms with Crippen molar-refractivity contribution < 1.29 is 19.1 Å². The van der Waals surface area contributed by atoms with Crippen molar-refractivity contribution in [2.75, 3.05) is 18.5 Å². The molecule has 1 N–H and O–H groups in total. The van der Waals surface area contributed by atoms with E-state index < -0.39 is 0 Å². The molecule has 3 rings (SSSR count). The topological polar surface area (TPSA) is 64.6 Å². The first-order valence-corrected chi connectivity index (χ1v) is 10.2. The number of thiophene rings is 1. The highest BCUT2D eigenvalue weighted by Gasteiger charge is 2.29. The van der Waals surface area contributed by atoms with E-state index in [9.17, 15) is 9.59 Å². The zero-order chi connectivity index (χ0) is 19.4. The Morgan fingerprint density at radius 2 is 1.93 bits per heavy atom. The normalized spacial score (nSPS) is 15.7. The lowest BCUT2D eigenvalue weighted by molar-refractivity contribution is 0.0526. The van der Waals surface area contributed by atoms with Gasteiger partial charge in [0, 0.05) is 10.4 Å². The van der Waals surface area contributed by atoms with Crippen molar-refractivity contribution in [3.63, 3.8) is 0 Å². The molecule has 1 aliphatic rings. The molecule has 1 aliphatic carbocycles. The molecule has 0 spiro atoms. The summed E-state index contributed by atoms with van der Waals surface area (Å²) < 4.78 is 10.7. The van der Waals surface area contributed by atoms with Crippen LogP contribution in [0.15, 0.2) is 24.3 Å². The summed E-state index contributed by atoms with van der Waals surface area (Å²) in [5, 5.41) is 3.52.